The Labute approximate surface area is 71.8 Å². The lowest BCUT2D eigenvalue weighted by Crippen LogP contribution is -2.30. The highest BCUT2D eigenvalue weighted by molar-refractivity contribution is 5.84. The van der Waals surface area contributed by atoms with E-state index < -0.39 is 12.0 Å². The van der Waals surface area contributed by atoms with Gasteiger partial charge in [0.2, 0.25) is 0 Å². The number of carboxylic acids is 1. The van der Waals surface area contributed by atoms with E-state index in [0.717, 1.165) is 0 Å². The molecule has 0 bridgehead atoms. The van der Waals surface area contributed by atoms with Gasteiger partial charge in [-0.1, -0.05) is 6.92 Å². The summed E-state index contributed by atoms with van der Waals surface area (Å²) < 4.78 is 0. The van der Waals surface area contributed by atoms with Crippen LogP contribution in [0.1, 0.15) is 25.7 Å². The first-order valence-electron chi connectivity index (χ1n) is 3.87. The maximum atomic E-state index is 11.0. The zero-order valence-corrected chi connectivity index (χ0v) is 6.95. The maximum Gasteiger partial charge on any atom is 0.303 e. The van der Waals surface area contributed by atoms with Crippen molar-refractivity contribution in [2.45, 2.75) is 31.7 Å². The van der Waals surface area contributed by atoms with Crippen LogP contribution in [-0.2, 0) is 9.59 Å². The fourth-order valence-corrected chi connectivity index (χ4v) is 0.800. The number of carbonyl (C=O) groups is 2. The van der Waals surface area contributed by atoms with Crippen LogP contribution in [-0.4, -0.2) is 22.9 Å². The van der Waals surface area contributed by atoms with Crippen LogP contribution in [0.4, 0.5) is 0 Å². The van der Waals surface area contributed by atoms with Gasteiger partial charge in [-0.2, -0.15) is 0 Å². The lowest BCUT2D eigenvalue weighted by Gasteiger charge is -2.07. The quantitative estimate of drug-likeness (QED) is 0.606. The minimum Gasteiger partial charge on any atom is -0.481 e. The van der Waals surface area contributed by atoms with Gasteiger partial charge in [0.05, 0.1) is 6.04 Å². The lowest BCUT2D eigenvalue weighted by atomic mass is 10.0. The summed E-state index contributed by atoms with van der Waals surface area (Å²) in [6.07, 6.45) is 1.01. The Morgan fingerprint density at radius 3 is 2.42 bits per heavy atom. The van der Waals surface area contributed by atoms with Gasteiger partial charge in [-0.3, -0.25) is 9.59 Å². The SMILES string of the molecule is [CH2]CCC(=O)[C@@H](N)CCC(=O)O. The molecule has 1 atom stereocenters. The number of carbonyl (C=O) groups excluding carboxylic acids is 1. The molecule has 0 aromatic rings. The van der Waals surface area contributed by atoms with Crippen LogP contribution in [0, 0.1) is 6.92 Å². The van der Waals surface area contributed by atoms with E-state index >= 15 is 0 Å². The normalized spacial score (nSPS) is 12.5. The van der Waals surface area contributed by atoms with Gasteiger partial charge < -0.3 is 10.8 Å². The van der Waals surface area contributed by atoms with Crippen LogP contribution in [0.5, 0.6) is 0 Å². The molecule has 4 heteroatoms. The largest absolute Gasteiger partial charge is 0.481 e. The van der Waals surface area contributed by atoms with Crippen molar-refractivity contribution in [1.82, 2.24) is 0 Å². The van der Waals surface area contributed by atoms with Crippen LogP contribution in [0.2, 0.25) is 0 Å². The highest BCUT2D eigenvalue weighted by Gasteiger charge is 2.13. The van der Waals surface area contributed by atoms with Crippen LogP contribution < -0.4 is 5.73 Å². The van der Waals surface area contributed by atoms with Crippen molar-refractivity contribution in [3.8, 4) is 0 Å². The molecule has 0 saturated carbocycles. The minimum absolute atomic E-state index is 0.0515. The van der Waals surface area contributed by atoms with Crippen molar-refractivity contribution in [3.63, 3.8) is 0 Å². The molecule has 0 aromatic carbocycles. The van der Waals surface area contributed by atoms with Crippen LogP contribution >= 0.6 is 0 Å². The van der Waals surface area contributed by atoms with Crippen LogP contribution in [0.3, 0.4) is 0 Å². The molecular weight excluding hydrogens is 158 g/mol. The molecule has 12 heavy (non-hydrogen) atoms. The van der Waals surface area contributed by atoms with Gasteiger partial charge in [-0.15, -0.1) is 0 Å². The first-order valence-corrected chi connectivity index (χ1v) is 3.87. The summed E-state index contributed by atoms with van der Waals surface area (Å²) in [5.41, 5.74) is 5.41. The Hall–Kier alpha value is -0.900. The Morgan fingerprint density at radius 1 is 1.42 bits per heavy atom. The second-order valence-electron chi connectivity index (χ2n) is 2.61. The number of hydrogen-bond donors (Lipinski definition) is 2. The summed E-state index contributed by atoms with van der Waals surface area (Å²) in [6, 6.07) is -0.636. The average Bonchev–Trinajstić information content (AvgIpc) is 2.00. The van der Waals surface area contributed by atoms with E-state index in [1.807, 2.05) is 0 Å². The second kappa shape index (κ2) is 5.71. The van der Waals surface area contributed by atoms with E-state index in [2.05, 4.69) is 6.92 Å². The molecule has 0 aliphatic heterocycles. The average molecular weight is 172 g/mol. The predicted octanol–water partition coefficient (Wildman–Crippen LogP) is 0.362. The standard InChI is InChI=1S/C8H14NO3/c1-2-3-7(10)6(9)4-5-8(11)12/h6H,1-5,9H2,(H,11,12)/t6-/m0/s1. The van der Waals surface area contributed by atoms with Gasteiger partial charge in [0, 0.05) is 12.8 Å². The molecule has 0 heterocycles. The predicted molar refractivity (Wildman–Crippen MR) is 44.4 cm³/mol. The molecule has 1 radical (unpaired) electrons. The molecule has 0 spiro atoms. The van der Waals surface area contributed by atoms with E-state index in [9.17, 15) is 9.59 Å². The summed E-state index contributed by atoms with van der Waals surface area (Å²) in [4.78, 5) is 21.1. The van der Waals surface area contributed by atoms with E-state index in [4.69, 9.17) is 10.8 Å². The lowest BCUT2D eigenvalue weighted by molar-refractivity contribution is -0.137. The Balaban J connectivity index is 3.63. The Bertz CT molecular complexity index is 168. The molecule has 69 valence electrons. The first kappa shape index (κ1) is 11.1. The van der Waals surface area contributed by atoms with Gasteiger partial charge >= 0.3 is 5.97 Å². The number of nitrogens with two attached hydrogens (primary N) is 1. The topological polar surface area (TPSA) is 80.4 Å². The molecule has 0 amide bonds. The summed E-state index contributed by atoms with van der Waals surface area (Å²) in [7, 11) is 0. The van der Waals surface area contributed by atoms with Gasteiger partial charge in [0.15, 0.2) is 0 Å². The number of hydrogen-bond acceptors (Lipinski definition) is 3. The second-order valence-corrected chi connectivity index (χ2v) is 2.61. The fourth-order valence-electron chi connectivity index (χ4n) is 0.800. The van der Waals surface area contributed by atoms with Crippen molar-refractivity contribution in [3.05, 3.63) is 6.92 Å². The van der Waals surface area contributed by atoms with Crippen LogP contribution in [0.15, 0.2) is 0 Å². The molecule has 3 N–H and O–H groups in total. The third-order valence-corrected chi connectivity index (χ3v) is 1.51. The fraction of sp³-hybridized carbons (Fsp3) is 0.625. The zero-order chi connectivity index (χ0) is 9.56. The maximum absolute atomic E-state index is 11.0. The van der Waals surface area contributed by atoms with Crippen LogP contribution in [0.25, 0.3) is 0 Å². The number of ketones is 1. The number of carboxylic acid groups (broad SMARTS) is 1. The van der Waals surface area contributed by atoms with Crippen molar-refractivity contribution < 1.29 is 14.7 Å². The van der Waals surface area contributed by atoms with Crippen molar-refractivity contribution in [2.75, 3.05) is 0 Å². The Kier molecular flexibility index (Phi) is 5.28. The third-order valence-electron chi connectivity index (χ3n) is 1.51. The number of aliphatic carboxylic acids is 1. The molecule has 0 saturated heterocycles. The smallest absolute Gasteiger partial charge is 0.303 e. The summed E-state index contributed by atoms with van der Waals surface area (Å²) in [6.45, 7) is 3.51. The zero-order valence-electron chi connectivity index (χ0n) is 6.95. The number of Topliss-reactive ketones (excluding diaryl/α,β-unsaturated/α-hetero) is 1. The summed E-state index contributed by atoms with van der Waals surface area (Å²) >= 11 is 0. The molecular formula is C8H14NO3. The van der Waals surface area contributed by atoms with Crippen molar-refractivity contribution in [1.29, 1.82) is 0 Å². The highest BCUT2D eigenvalue weighted by atomic mass is 16.4. The molecule has 0 unspecified atom stereocenters. The van der Waals surface area contributed by atoms with E-state index in [1.54, 1.807) is 0 Å². The van der Waals surface area contributed by atoms with Gasteiger partial charge in [-0.25, -0.2) is 0 Å². The molecule has 0 rings (SSSR count). The number of rotatable bonds is 6. The molecule has 0 aromatic heterocycles. The van der Waals surface area contributed by atoms with E-state index in [0.29, 0.717) is 12.8 Å². The molecule has 0 aliphatic carbocycles. The summed E-state index contributed by atoms with van der Waals surface area (Å²) in [5, 5.41) is 8.29. The van der Waals surface area contributed by atoms with Crippen molar-refractivity contribution >= 4 is 11.8 Å². The van der Waals surface area contributed by atoms with E-state index in [-0.39, 0.29) is 18.6 Å². The van der Waals surface area contributed by atoms with Crippen molar-refractivity contribution in [2.24, 2.45) is 5.73 Å². The Morgan fingerprint density at radius 2 is 2.00 bits per heavy atom. The molecule has 0 fully saturated rings. The first-order chi connectivity index (χ1) is 5.57. The molecule has 0 aliphatic rings. The minimum atomic E-state index is -0.923. The van der Waals surface area contributed by atoms with E-state index in [1.165, 1.54) is 0 Å². The highest BCUT2D eigenvalue weighted by Crippen LogP contribution is 2.00. The van der Waals surface area contributed by atoms with Gasteiger partial charge in [-0.05, 0) is 12.8 Å². The van der Waals surface area contributed by atoms with Gasteiger partial charge in [0.25, 0.3) is 0 Å². The monoisotopic (exact) mass is 172 g/mol. The summed E-state index contributed by atoms with van der Waals surface area (Å²) in [5.74, 6) is -1.03. The van der Waals surface area contributed by atoms with Gasteiger partial charge in [0.1, 0.15) is 5.78 Å². The molecule has 4 nitrogen and oxygen atoms in total. The third kappa shape index (κ3) is 4.85.